The van der Waals surface area contributed by atoms with Crippen LogP contribution in [-0.2, 0) is 4.79 Å². The van der Waals surface area contributed by atoms with Gasteiger partial charge in [0, 0.05) is 12.6 Å². The molecule has 0 saturated carbocycles. The Morgan fingerprint density at radius 2 is 2.36 bits per heavy atom. The zero-order chi connectivity index (χ0) is 7.94. The molecule has 0 aliphatic rings. The molecule has 0 spiro atoms. The zero-order valence-electron chi connectivity index (χ0n) is 6.10. The quantitative estimate of drug-likeness (QED) is 0.609. The second-order valence-corrected chi connectivity index (χ2v) is 2.06. The zero-order valence-corrected chi connectivity index (χ0v) is 6.10. The molecule has 11 heavy (non-hydrogen) atoms. The van der Waals surface area contributed by atoms with Crippen molar-refractivity contribution in [3.8, 4) is 0 Å². The summed E-state index contributed by atoms with van der Waals surface area (Å²) in [5.41, 5.74) is 0.884. The highest BCUT2D eigenvalue weighted by Gasteiger charge is 1.81. The van der Waals surface area contributed by atoms with E-state index in [0.29, 0.717) is 6.42 Å². The fourth-order valence-corrected chi connectivity index (χ4v) is 0.719. The molecule has 1 aromatic rings. The van der Waals surface area contributed by atoms with Crippen LogP contribution in [-0.4, -0.2) is 11.3 Å². The summed E-state index contributed by atoms with van der Waals surface area (Å²) in [5, 5.41) is 0. The van der Waals surface area contributed by atoms with E-state index in [1.165, 1.54) is 0 Å². The summed E-state index contributed by atoms with van der Waals surface area (Å²) in [6, 6.07) is 5.66. The van der Waals surface area contributed by atoms with Crippen LogP contribution in [0, 0.1) is 0 Å². The number of aromatic nitrogens is 1. The van der Waals surface area contributed by atoms with E-state index in [4.69, 9.17) is 0 Å². The Morgan fingerprint density at radius 1 is 1.45 bits per heavy atom. The average molecular weight is 147 g/mol. The second kappa shape index (κ2) is 4.39. The SMILES string of the molecule is O=CC/C=C\c1ccccn1. The molecule has 1 heterocycles. The summed E-state index contributed by atoms with van der Waals surface area (Å²) >= 11 is 0. The van der Waals surface area contributed by atoms with E-state index in [1.54, 1.807) is 12.3 Å². The molecular weight excluding hydrogens is 138 g/mol. The van der Waals surface area contributed by atoms with Crippen LogP contribution in [0.5, 0.6) is 0 Å². The Kier molecular flexibility index (Phi) is 3.06. The summed E-state index contributed by atoms with van der Waals surface area (Å²) in [4.78, 5) is 14.0. The van der Waals surface area contributed by atoms with E-state index < -0.39 is 0 Å². The first kappa shape index (κ1) is 7.66. The van der Waals surface area contributed by atoms with Gasteiger partial charge in [-0.15, -0.1) is 0 Å². The number of carbonyl (C=O) groups is 1. The van der Waals surface area contributed by atoms with Crippen LogP contribution in [0.3, 0.4) is 0 Å². The summed E-state index contributed by atoms with van der Waals surface area (Å²) in [6.45, 7) is 0. The minimum absolute atomic E-state index is 0.455. The number of hydrogen-bond donors (Lipinski definition) is 0. The number of pyridine rings is 1. The Bertz CT molecular complexity index is 241. The lowest BCUT2D eigenvalue weighted by atomic mass is 10.3. The maximum absolute atomic E-state index is 9.92. The summed E-state index contributed by atoms with van der Waals surface area (Å²) in [5.74, 6) is 0. The number of carbonyl (C=O) groups excluding carboxylic acids is 1. The van der Waals surface area contributed by atoms with Gasteiger partial charge in [-0.3, -0.25) is 4.98 Å². The summed E-state index contributed by atoms with van der Waals surface area (Å²) in [6.07, 6.45) is 6.65. The molecule has 0 aliphatic carbocycles. The van der Waals surface area contributed by atoms with E-state index in [2.05, 4.69) is 4.98 Å². The Hall–Kier alpha value is -1.44. The molecule has 0 fully saturated rings. The van der Waals surface area contributed by atoms with Crippen molar-refractivity contribution in [2.24, 2.45) is 0 Å². The minimum atomic E-state index is 0.455. The third-order valence-corrected chi connectivity index (χ3v) is 1.21. The fraction of sp³-hybridized carbons (Fsp3) is 0.111. The molecule has 2 heteroatoms. The lowest BCUT2D eigenvalue weighted by Gasteiger charge is -1.87. The smallest absolute Gasteiger partial charge is 0.123 e. The number of allylic oxidation sites excluding steroid dienone is 1. The normalized spacial score (nSPS) is 10.2. The topological polar surface area (TPSA) is 30.0 Å². The van der Waals surface area contributed by atoms with Gasteiger partial charge in [0.05, 0.1) is 5.69 Å². The number of hydrogen-bond acceptors (Lipinski definition) is 2. The third kappa shape index (κ3) is 2.76. The van der Waals surface area contributed by atoms with Gasteiger partial charge in [0.15, 0.2) is 0 Å². The summed E-state index contributed by atoms with van der Waals surface area (Å²) < 4.78 is 0. The van der Waals surface area contributed by atoms with Crippen molar-refractivity contribution in [3.63, 3.8) is 0 Å². The molecule has 0 radical (unpaired) electrons. The maximum atomic E-state index is 9.92. The number of rotatable bonds is 3. The first-order chi connectivity index (χ1) is 5.43. The van der Waals surface area contributed by atoms with Crippen LogP contribution in [0.15, 0.2) is 30.5 Å². The van der Waals surface area contributed by atoms with E-state index in [-0.39, 0.29) is 0 Å². The van der Waals surface area contributed by atoms with E-state index >= 15 is 0 Å². The molecule has 56 valence electrons. The molecular formula is C9H9NO. The highest BCUT2D eigenvalue weighted by molar-refractivity contribution is 5.56. The van der Waals surface area contributed by atoms with Crippen LogP contribution in [0.4, 0.5) is 0 Å². The predicted molar refractivity (Wildman–Crippen MR) is 44.0 cm³/mol. The van der Waals surface area contributed by atoms with Crippen molar-refractivity contribution in [2.75, 3.05) is 0 Å². The monoisotopic (exact) mass is 147 g/mol. The molecule has 1 rings (SSSR count). The van der Waals surface area contributed by atoms with Crippen LogP contribution < -0.4 is 0 Å². The van der Waals surface area contributed by atoms with E-state index in [9.17, 15) is 4.79 Å². The molecule has 0 aromatic carbocycles. The van der Waals surface area contributed by atoms with Gasteiger partial charge >= 0.3 is 0 Å². The van der Waals surface area contributed by atoms with Gasteiger partial charge in [0.2, 0.25) is 0 Å². The highest BCUT2D eigenvalue weighted by atomic mass is 16.1. The molecule has 2 nitrogen and oxygen atoms in total. The van der Waals surface area contributed by atoms with Gasteiger partial charge in [-0.25, -0.2) is 0 Å². The van der Waals surface area contributed by atoms with Gasteiger partial charge in [0.25, 0.3) is 0 Å². The van der Waals surface area contributed by atoms with Crippen molar-refractivity contribution in [3.05, 3.63) is 36.2 Å². The van der Waals surface area contributed by atoms with Crippen LogP contribution in [0.25, 0.3) is 6.08 Å². The molecule has 0 N–H and O–H groups in total. The molecule has 0 unspecified atom stereocenters. The molecule has 0 saturated heterocycles. The minimum Gasteiger partial charge on any atom is -0.303 e. The van der Waals surface area contributed by atoms with E-state index in [0.717, 1.165) is 12.0 Å². The molecule has 0 amide bonds. The van der Waals surface area contributed by atoms with Crippen molar-refractivity contribution >= 4 is 12.4 Å². The summed E-state index contributed by atoms with van der Waals surface area (Å²) in [7, 11) is 0. The van der Waals surface area contributed by atoms with Gasteiger partial charge < -0.3 is 4.79 Å². The van der Waals surface area contributed by atoms with Crippen LogP contribution in [0.2, 0.25) is 0 Å². The van der Waals surface area contributed by atoms with Crippen molar-refractivity contribution in [1.82, 2.24) is 4.98 Å². The first-order valence-electron chi connectivity index (χ1n) is 3.44. The van der Waals surface area contributed by atoms with Crippen LogP contribution in [0.1, 0.15) is 12.1 Å². The predicted octanol–water partition coefficient (Wildman–Crippen LogP) is 1.68. The van der Waals surface area contributed by atoms with Gasteiger partial charge in [-0.05, 0) is 18.2 Å². The third-order valence-electron chi connectivity index (χ3n) is 1.21. The molecule has 0 aliphatic heterocycles. The Balaban J connectivity index is 2.57. The van der Waals surface area contributed by atoms with E-state index in [1.807, 2.05) is 24.3 Å². The largest absolute Gasteiger partial charge is 0.303 e. The average Bonchev–Trinajstić information content (AvgIpc) is 2.07. The standard InChI is InChI=1S/C9H9NO/c11-8-4-2-6-9-5-1-3-7-10-9/h1-3,5-8H,4H2/b6-2-. The number of nitrogens with zero attached hydrogens (tertiary/aromatic N) is 1. The molecule has 0 atom stereocenters. The van der Waals surface area contributed by atoms with Crippen molar-refractivity contribution < 1.29 is 4.79 Å². The molecule has 0 bridgehead atoms. The highest BCUT2D eigenvalue weighted by Crippen LogP contribution is 1.96. The van der Waals surface area contributed by atoms with Crippen molar-refractivity contribution in [1.29, 1.82) is 0 Å². The van der Waals surface area contributed by atoms with Crippen LogP contribution >= 0.6 is 0 Å². The number of aldehydes is 1. The van der Waals surface area contributed by atoms with Gasteiger partial charge in [-0.1, -0.05) is 12.1 Å². The Morgan fingerprint density at radius 3 is 3.00 bits per heavy atom. The Labute approximate surface area is 65.6 Å². The fourth-order valence-electron chi connectivity index (χ4n) is 0.719. The lowest BCUT2D eigenvalue weighted by Crippen LogP contribution is -1.76. The second-order valence-electron chi connectivity index (χ2n) is 2.06. The maximum Gasteiger partial charge on any atom is 0.123 e. The van der Waals surface area contributed by atoms with Gasteiger partial charge in [-0.2, -0.15) is 0 Å². The van der Waals surface area contributed by atoms with Gasteiger partial charge in [0.1, 0.15) is 6.29 Å². The molecule has 1 aromatic heterocycles. The lowest BCUT2D eigenvalue weighted by molar-refractivity contribution is -0.107. The first-order valence-corrected chi connectivity index (χ1v) is 3.44. The van der Waals surface area contributed by atoms with Crippen molar-refractivity contribution in [2.45, 2.75) is 6.42 Å².